The first-order valence-electron chi connectivity index (χ1n) is 12.3. The lowest BCUT2D eigenvalue weighted by molar-refractivity contribution is -0.297. The van der Waals surface area contributed by atoms with E-state index in [1.165, 1.54) is 19.1 Å². The number of hydrogen-bond acceptors (Lipinski definition) is 6. The van der Waals surface area contributed by atoms with Crippen LogP contribution < -0.4 is 0 Å². The van der Waals surface area contributed by atoms with Gasteiger partial charge >= 0.3 is 0 Å². The van der Waals surface area contributed by atoms with Gasteiger partial charge in [-0.2, -0.15) is 4.99 Å². The van der Waals surface area contributed by atoms with E-state index >= 15 is 0 Å². The van der Waals surface area contributed by atoms with Crippen molar-refractivity contribution < 1.29 is 27.8 Å². The largest absolute Gasteiger partial charge is 0.366 e. The van der Waals surface area contributed by atoms with Crippen molar-refractivity contribution in [1.82, 2.24) is 19.9 Å². The van der Waals surface area contributed by atoms with Gasteiger partial charge in [0.1, 0.15) is 41.5 Å². The smallest absolute Gasteiger partial charge is 0.276 e. The van der Waals surface area contributed by atoms with Crippen LogP contribution in [0.2, 0.25) is 0 Å². The molecule has 2 fully saturated rings. The Balaban J connectivity index is 1.47. The number of nitrogens with zero attached hydrogens (tertiary/aromatic N) is 5. The summed E-state index contributed by atoms with van der Waals surface area (Å²) in [6.07, 6.45) is -0.780. The van der Waals surface area contributed by atoms with Gasteiger partial charge in [0.25, 0.3) is 5.91 Å². The molecule has 0 aliphatic carbocycles. The van der Waals surface area contributed by atoms with Gasteiger partial charge in [-0.05, 0) is 26.0 Å². The summed E-state index contributed by atoms with van der Waals surface area (Å²) in [6.45, 7) is 3.30. The van der Waals surface area contributed by atoms with E-state index in [4.69, 9.17) is 14.2 Å². The Morgan fingerprint density at radius 3 is 2.53 bits per heavy atom. The third-order valence-electron chi connectivity index (χ3n) is 6.93. The first-order chi connectivity index (χ1) is 18.2. The van der Waals surface area contributed by atoms with Crippen LogP contribution in [0, 0.1) is 18.6 Å². The summed E-state index contributed by atoms with van der Waals surface area (Å²) < 4.78 is 48.4. The lowest BCUT2D eigenvalue weighted by Crippen LogP contribution is -2.54. The fraction of sp³-hybridized carbons (Fsp3) is 0.407. The molecule has 3 heterocycles. The molecule has 9 nitrogen and oxygen atoms in total. The SMILES string of the molecule is CC(=NC(=O)C1CC(n2cc(-c3cc(F)c(C)c(F)c3)nn2)C2OC(c3ccccc3)OCC2O1)N(C)C. The monoisotopic (exact) mass is 525 g/mol. The van der Waals surface area contributed by atoms with Gasteiger partial charge in [-0.15, -0.1) is 5.10 Å². The zero-order chi connectivity index (χ0) is 27.0. The van der Waals surface area contributed by atoms with Gasteiger partial charge in [0.05, 0.1) is 18.8 Å². The summed E-state index contributed by atoms with van der Waals surface area (Å²) in [7, 11) is 3.60. The molecule has 0 N–H and O–H groups in total. The Hall–Kier alpha value is -3.54. The number of amidine groups is 1. The molecular formula is C27H29F2N5O4. The van der Waals surface area contributed by atoms with Crippen molar-refractivity contribution in [3.63, 3.8) is 0 Å². The fourth-order valence-electron chi connectivity index (χ4n) is 4.52. The van der Waals surface area contributed by atoms with Crippen LogP contribution in [-0.4, -0.2) is 70.7 Å². The average Bonchev–Trinajstić information content (AvgIpc) is 3.41. The molecule has 0 saturated carbocycles. The highest BCUT2D eigenvalue weighted by molar-refractivity contribution is 5.95. The summed E-state index contributed by atoms with van der Waals surface area (Å²) in [4.78, 5) is 18.9. The van der Waals surface area contributed by atoms with Crippen LogP contribution in [0.1, 0.15) is 36.8 Å². The maximum atomic E-state index is 14.2. The predicted molar refractivity (Wildman–Crippen MR) is 134 cm³/mol. The van der Waals surface area contributed by atoms with Crippen molar-refractivity contribution >= 4 is 11.7 Å². The number of amides is 1. The van der Waals surface area contributed by atoms with Crippen molar-refractivity contribution in [2.75, 3.05) is 20.7 Å². The number of aromatic nitrogens is 3. The number of hydrogen-bond donors (Lipinski definition) is 0. The fourth-order valence-corrected chi connectivity index (χ4v) is 4.52. The van der Waals surface area contributed by atoms with Crippen LogP contribution in [-0.2, 0) is 19.0 Å². The molecule has 2 aliphatic rings. The minimum Gasteiger partial charge on any atom is -0.366 e. The van der Waals surface area contributed by atoms with Crippen LogP contribution in [0.4, 0.5) is 8.78 Å². The number of aliphatic imine (C=N–C) groups is 1. The molecule has 38 heavy (non-hydrogen) atoms. The molecule has 1 aromatic heterocycles. The van der Waals surface area contributed by atoms with Gasteiger partial charge in [-0.25, -0.2) is 13.5 Å². The molecule has 0 radical (unpaired) electrons. The second kappa shape index (κ2) is 10.7. The van der Waals surface area contributed by atoms with Crippen molar-refractivity contribution in [3.8, 4) is 11.3 Å². The quantitative estimate of drug-likeness (QED) is 0.378. The second-order valence-electron chi connectivity index (χ2n) is 9.68. The average molecular weight is 526 g/mol. The van der Waals surface area contributed by atoms with E-state index in [1.807, 2.05) is 30.3 Å². The minimum atomic E-state index is -0.862. The standard InChI is InChI=1S/C27H29F2N5O4/c1-15-19(28)10-18(11-20(15)29)21-13-34(32-31-21)22-12-23(26(35)30-16(2)33(3)4)37-24-14-36-27(38-25(22)24)17-8-6-5-7-9-17/h5-11,13,22-25,27H,12,14H2,1-4H3. The molecule has 2 aliphatic heterocycles. The summed E-state index contributed by atoms with van der Waals surface area (Å²) in [5, 5.41) is 8.42. The number of ether oxygens (including phenoxy) is 3. The highest BCUT2D eigenvalue weighted by Crippen LogP contribution is 2.39. The van der Waals surface area contributed by atoms with Gasteiger partial charge in [-0.3, -0.25) is 4.79 Å². The summed E-state index contributed by atoms with van der Waals surface area (Å²) in [5.74, 6) is -1.21. The molecule has 1 amide bonds. The van der Waals surface area contributed by atoms with Crippen LogP contribution in [0.15, 0.2) is 53.7 Å². The maximum absolute atomic E-state index is 14.2. The lowest BCUT2D eigenvalue weighted by atomic mass is 9.94. The van der Waals surface area contributed by atoms with E-state index in [2.05, 4.69) is 15.3 Å². The van der Waals surface area contributed by atoms with E-state index in [0.29, 0.717) is 11.5 Å². The molecule has 5 rings (SSSR count). The highest BCUT2D eigenvalue weighted by atomic mass is 19.1. The van der Waals surface area contributed by atoms with E-state index in [9.17, 15) is 13.6 Å². The van der Waals surface area contributed by atoms with Gasteiger partial charge < -0.3 is 19.1 Å². The Bertz CT molecular complexity index is 1320. The van der Waals surface area contributed by atoms with E-state index in [1.54, 1.807) is 36.8 Å². The highest BCUT2D eigenvalue weighted by Gasteiger charge is 2.47. The van der Waals surface area contributed by atoms with Crippen LogP contribution in [0.25, 0.3) is 11.3 Å². The number of benzene rings is 2. The molecule has 5 atom stereocenters. The van der Waals surface area contributed by atoms with Crippen molar-refractivity contribution in [1.29, 1.82) is 0 Å². The first-order valence-corrected chi connectivity index (χ1v) is 12.3. The molecule has 200 valence electrons. The summed E-state index contributed by atoms with van der Waals surface area (Å²) in [5.41, 5.74) is 1.33. The minimum absolute atomic E-state index is 0.0640. The van der Waals surface area contributed by atoms with E-state index in [0.717, 1.165) is 5.56 Å². The Morgan fingerprint density at radius 1 is 1.13 bits per heavy atom. The zero-order valence-corrected chi connectivity index (χ0v) is 21.5. The Labute approximate surface area is 219 Å². The van der Waals surface area contributed by atoms with Crippen LogP contribution >= 0.6 is 0 Å². The lowest BCUT2D eigenvalue weighted by Gasteiger charge is -2.45. The Kier molecular flexibility index (Phi) is 7.33. The van der Waals surface area contributed by atoms with Crippen molar-refractivity contribution in [2.45, 2.75) is 50.9 Å². The Morgan fingerprint density at radius 2 is 1.84 bits per heavy atom. The van der Waals surface area contributed by atoms with Crippen molar-refractivity contribution in [2.24, 2.45) is 4.99 Å². The topological polar surface area (TPSA) is 91.1 Å². The molecular weight excluding hydrogens is 496 g/mol. The molecule has 5 unspecified atom stereocenters. The first kappa shape index (κ1) is 26.1. The third-order valence-corrected chi connectivity index (χ3v) is 6.93. The van der Waals surface area contributed by atoms with Gasteiger partial charge in [0.2, 0.25) is 0 Å². The molecule has 2 aromatic carbocycles. The molecule has 0 spiro atoms. The van der Waals surface area contributed by atoms with Gasteiger partial charge in [-0.1, -0.05) is 35.5 Å². The van der Waals surface area contributed by atoms with Crippen LogP contribution in [0.5, 0.6) is 0 Å². The molecule has 2 saturated heterocycles. The van der Waals surface area contributed by atoms with Crippen molar-refractivity contribution in [3.05, 3.63) is 71.4 Å². The number of fused-ring (bicyclic) bond motifs is 1. The zero-order valence-electron chi connectivity index (χ0n) is 21.5. The molecule has 11 heteroatoms. The number of carbonyl (C=O) groups is 1. The predicted octanol–water partition coefficient (Wildman–Crippen LogP) is 3.85. The molecule has 3 aromatic rings. The van der Waals surface area contributed by atoms with Gasteiger partial charge in [0.15, 0.2) is 6.29 Å². The van der Waals surface area contributed by atoms with Gasteiger partial charge in [0, 0.05) is 37.2 Å². The summed E-state index contributed by atoms with van der Waals surface area (Å²) >= 11 is 0. The number of rotatable bonds is 4. The van der Waals surface area contributed by atoms with E-state index in [-0.39, 0.29) is 24.2 Å². The molecule has 0 bridgehead atoms. The summed E-state index contributed by atoms with van der Waals surface area (Å²) in [6, 6.07) is 11.5. The van der Waals surface area contributed by atoms with Crippen LogP contribution in [0.3, 0.4) is 0 Å². The van der Waals surface area contributed by atoms with E-state index < -0.39 is 48.2 Å². The normalized spacial score (nSPS) is 25.6. The third kappa shape index (κ3) is 5.22. The maximum Gasteiger partial charge on any atom is 0.276 e. The number of carbonyl (C=O) groups excluding carboxylic acids is 1. The second-order valence-corrected chi connectivity index (χ2v) is 9.68. The number of halogens is 2.